The molecule has 1 aliphatic rings. The lowest BCUT2D eigenvalue weighted by Gasteiger charge is -2.21. The number of nitrogens with one attached hydrogen (secondary N) is 2. The van der Waals surface area contributed by atoms with Gasteiger partial charge in [0, 0.05) is 26.2 Å². The number of methoxy groups -OCH3 is 2. The van der Waals surface area contributed by atoms with Gasteiger partial charge in [-0.25, -0.2) is 4.99 Å². The van der Waals surface area contributed by atoms with Crippen LogP contribution in [0, 0.1) is 5.92 Å². The third-order valence-electron chi connectivity index (χ3n) is 5.19. The van der Waals surface area contributed by atoms with Crippen LogP contribution in [0.1, 0.15) is 18.9 Å². The largest absolute Gasteiger partial charge is 0.497 e. The summed E-state index contributed by atoms with van der Waals surface area (Å²) in [5.74, 6) is 3.24. The van der Waals surface area contributed by atoms with E-state index < -0.39 is 0 Å². The van der Waals surface area contributed by atoms with Crippen molar-refractivity contribution in [2.45, 2.75) is 19.9 Å². The second-order valence-electron chi connectivity index (χ2n) is 7.20. The third-order valence-corrected chi connectivity index (χ3v) is 5.19. The molecule has 2 N–H and O–H groups in total. The first-order valence-corrected chi connectivity index (χ1v) is 10.3. The topological polar surface area (TPSA) is 58.1 Å². The van der Waals surface area contributed by atoms with Gasteiger partial charge in [-0.05, 0) is 49.1 Å². The molecule has 1 atom stereocenters. The fraction of sp³-hybridized carbons (Fsp3) is 0.435. The maximum absolute atomic E-state index is 5.52. The van der Waals surface area contributed by atoms with Gasteiger partial charge in [0.2, 0.25) is 0 Å². The molecule has 0 aromatic heterocycles. The Hall–Kier alpha value is -2.89. The maximum Gasteiger partial charge on any atom is 0.191 e. The Bertz CT molecular complexity index is 792. The second-order valence-corrected chi connectivity index (χ2v) is 7.20. The van der Waals surface area contributed by atoms with Crippen LogP contribution in [0.2, 0.25) is 0 Å². The standard InChI is InChI=1S/C23H32N4O2/c1-4-24-23(25-15-18-9-11-20(28-2)12-10-18)26-16-19-13-14-27(17-19)21-7-5-6-8-22(21)29-3/h5-12,19H,4,13-17H2,1-3H3,(H2,24,25,26). The van der Waals surface area contributed by atoms with Crippen molar-refractivity contribution in [2.24, 2.45) is 10.9 Å². The Morgan fingerprint density at radius 2 is 1.86 bits per heavy atom. The molecule has 6 heteroatoms. The zero-order chi connectivity index (χ0) is 20.5. The summed E-state index contributed by atoms with van der Waals surface area (Å²) in [7, 11) is 3.41. The van der Waals surface area contributed by atoms with Crippen molar-refractivity contribution in [3.8, 4) is 11.5 Å². The van der Waals surface area contributed by atoms with Gasteiger partial charge in [-0.15, -0.1) is 0 Å². The molecule has 0 radical (unpaired) electrons. The van der Waals surface area contributed by atoms with Gasteiger partial charge in [0.1, 0.15) is 11.5 Å². The molecule has 0 saturated carbocycles. The van der Waals surface area contributed by atoms with Crippen LogP contribution in [0.5, 0.6) is 11.5 Å². The molecule has 0 bridgehead atoms. The van der Waals surface area contributed by atoms with E-state index in [0.29, 0.717) is 12.5 Å². The molecular weight excluding hydrogens is 364 g/mol. The van der Waals surface area contributed by atoms with Crippen molar-refractivity contribution in [3.05, 3.63) is 54.1 Å². The van der Waals surface area contributed by atoms with Crippen LogP contribution in [0.4, 0.5) is 5.69 Å². The predicted molar refractivity (Wildman–Crippen MR) is 119 cm³/mol. The van der Waals surface area contributed by atoms with E-state index in [4.69, 9.17) is 14.5 Å². The second kappa shape index (κ2) is 10.6. The summed E-state index contributed by atoms with van der Waals surface area (Å²) >= 11 is 0. The number of hydrogen-bond donors (Lipinski definition) is 2. The average molecular weight is 397 g/mol. The van der Waals surface area contributed by atoms with Crippen molar-refractivity contribution in [2.75, 3.05) is 45.3 Å². The van der Waals surface area contributed by atoms with Gasteiger partial charge in [0.05, 0.1) is 26.5 Å². The molecule has 29 heavy (non-hydrogen) atoms. The van der Waals surface area contributed by atoms with Crippen LogP contribution in [0.15, 0.2) is 53.5 Å². The minimum absolute atomic E-state index is 0.574. The van der Waals surface area contributed by atoms with Crippen molar-refractivity contribution >= 4 is 11.6 Å². The van der Waals surface area contributed by atoms with Crippen LogP contribution in [-0.2, 0) is 6.54 Å². The number of para-hydroxylation sites is 2. The molecule has 2 aromatic rings. The third kappa shape index (κ3) is 5.79. The number of guanidine groups is 1. The fourth-order valence-corrected chi connectivity index (χ4v) is 3.59. The molecule has 1 saturated heterocycles. The van der Waals surface area contributed by atoms with E-state index in [1.165, 1.54) is 5.69 Å². The van der Waals surface area contributed by atoms with Crippen molar-refractivity contribution in [1.29, 1.82) is 0 Å². The molecule has 1 aliphatic heterocycles. The number of benzene rings is 2. The van der Waals surface area contributed by atoms with Crippen LogP contribution in [0.3, 0.4) is 0 Å². The molecule has 1 unspecified atom stereocenters. The number of ether oxygens (including phenoxy) is 2. The van der Waals surface area contributed by atoms with E-state index >= 15 is 0 Å². The van der Waals surface area contributed by atoms with E-state index in [0.717, 1.165) is 55.6 Å². The van der Waals surface area contributed by atoms with Gasteiger partial charge in [0.15, 0.2) is 5.96 Å². The zero-order valence-electron chi connectivity index (χ0n) is 17.6. The summed E-state index contributed by atoms with van der Waals surface area (Å²) in [5, 5.41) is 6.85. The summed E-state index contributed by atoms with van der Waals surface area (Å²) in [6, 6.07) is 16.3. The molecule has 6 nitrogen and oxygen atoms in total. The Balaban J connectivity index is 1.53. The lowest BCUT2D eigenvalue weighted by Crippen LogP contribution is -2.40. The molecule has 1 fully saturated rings. The first-order valence-electron chi connectivity index (χ1n) is 10.3. The highest BCUT2D eigenvalue weighted by Gasteiger charge is 2.24. The number of rotatable bonds is 8. The Kier molecular flexibility index (Phi) is 7.61. The smallest absolute Gasteiger partial charge is 0.191 e. The van der Waals surface area contributed by atoms with Gasteiger partial charge in [-0.2, -0.15) is 0 Å². The van der Waals surface area contributed by atoms with Gasteiger partial charge in [0.25, 0.3) is 0 Å². The highest BCUT2D eigenvalue weighted by molar-refractivity contribution is 5.79. The number of anilines is 1. The SMILES string of the molecule is CCNC(=NCc1ccc(OC)cc1)NCC1CCN(c2ccccc2OC)C1. The van der Waals surface area contributed by atoms with E-state index in [1.54, 1.807) is 14.2 Å². The summed E-state index contributed by atoms with van der Waals surface area (Å²) in [4.78, 5) is 7.13. The van der Waals surface area contributed by atoms with Crippen LogP contribution in [-0.4, -0.2) is 46.4 Å². The summed E-state index contributed by atoms with van der Waals surface area (Å²) in [6.45, 7) is 6.53. The normalized spacial score (nSPS) is 16.6. The van der Waals surface area contributed by atoms with E-state index in [1.807, 2.05) is 36.4 Å². The zero-order valence-corrected chi connectivity index (χ0v) is 17.6. The summed E-state index contributed by atoms with van der Waals surface area (Å²) in [5.41, 5.74) is 2.34. The minimum atomic E-state index is 0.574. The average Bonchev–Trinajstić information content (AvgIpc) is 3.25. The van der Waals surface area contributed by atoms with Crippen molar-refractivity contribution in [3.63, 3.8) is 0 Å². The lowest BCUT2D eigenvalue weighted by atomic mass is 10.1. The monoisotopic (exact) mass is 396 g/mol. The van der Waals surface area contributed by atoms with E-state index in [-0.39, 0.29) is 0 Å². The Labute approximate surface area is 173 Å². The van der Waals surface area contributed by atoms with Crippen LogP contribution in [0.25, 0.3) is 0 Å². The molecule has 2 aromatic carbocycles. The Morgan fingerprint density at radius 3 is 2.59 bits per heavy atom. The number of hydrogen-bond acceptors (Lipinski definition) is 4. The summed E-state index contributed by atoms with van der Waals surface area (Å²) < 4.78 is 10.7. The predicted octanol–water partition coefficient (Wildman–Crippen LogP) is 3.29. The highest BCUT2D eigenvalue weighted by Crippen LogP contribution is 2.31. The van der Waals surface area contributed by atoms with Crippen LogP contribution >= 0.6 is 0 Å². The van der Waals surface area contributed by atoms with E-state index in [2.05, 4.69) is 34.6 Å². The van der Waals surface area contributed by atoms with Gasteiger partial charge >= 0.3 is 0 Å². The first kappa shape index (κ1) is 20.8. The number of aliphatic imine (C=N–C) groups is 1. The molecule has 156 valence electrons. The van der Waals surface area contributed by atoms with Crippen molar-refractivity contribution < 1.29 is 9.47 Å². The molecular formula is C23H32N4O2. The molecule has 0 spiro atoms. The molecule has 0 amide bonds. The fourth-order valence-electron chi connectivity index (χ4n) is 3.59. The minimum Gasteiger partial charge on any atom is -0.497 e. The van der Waals surface area contributed by atoms with Crippen molar-refractivity contribution in [1.82, 2.24) is 10.6 Å². The molecule has 0 aliphatic carbocycles. The lowest BCUT2D eigenvalue weighted by molar-refractivity contribution is 0.414. The van der Waals surface area contributed by atoms with Crippen LogP contribution < -0.4 is 25.0 Å². The highest BCUT2D eigenvalue weighted by atomic mass is 16.5. The summed E-state index contributed by atoms with van der Waals surface area (Å²) in [6.07, 6.45) is 1.16. The van der Waals surface area contributed by atoms with Gasteiger partial charge < -0.3 is 25.0 Å². The maximum atomic E-state index is 5.52. The number of nitrogens with zero attached hydrogens (tertiary/aromatic N) is 2. The van der Waals surface area contributed by atoms with E-state index in [9.17, 15) is 0 Å². The first-order chi connectivity index (χ1) is 14.2. The van der Waals surface area contributed by atoms with Gasteiger partial charge in [-0.1, -0.05) is 24.3 Å². The van der Waals surface area contributed by atoms with Gasteiger partial charge in [-0.3, -0.25) is 0 Å². The molecule has 1 heterocycles. The quantitative estimate of drug-likeness (QED) is 0.530. The Morgan fingerprint density at radius 1 is 1.07 bits per heavy atom. The molecule has 3 rings (SSSR count).